The fraction of sp³-hybridized carbons (Fsp3) is 0.308. The Bertz CT molecular complexity index is 397. The van der Waals surface area contributed by atoms with Gasteiger partial charge in [0.25, 0.3) is 0 Å². The molecule has 0 spiro atoms. The third-order valence-corrected chi connectivity index (χ3v) is 2.13. The zero-order chi connectivity index (χ0) is 12.0. The molecule has 0 atom stereocenters. The Labute approximate surface area is 95.9 Å². The number of ether oxygens (including phenoxy) is 1. The van der Waals surface area contributed by atoms with E-state index in [9.17, 15) is 4.79 Å². The summed E-state index contributed by atoms with van der Waals surface area (Å²) >= 11 is 0. The Morgan fingerprint density at radius 3 is 2.88 bits per heavy atom. The molecule has 1 aromatic carbocycles. The van der Waals surface area contributed by atoms with Gasteiger partial charge in [0.05, 0.1) is 13.0 Å². The molecule has 16 heavy (non-hydrogen) atoms. The molecule has 0 saturated carbocycles. The fourth-order valence-electron chi connectivity index (χ4n) is 1.35. The number of hydrogen-bond acceptors (Lipinski definition) is 3. The lowest BCUT2D eigenvalue weighted by atomic mass is 10.1. The molecule has 0 aromatic heterocycles. The van der Waals surface area contributed by atoms with Crippen LogP contribution in [0.15, 0.2) is 24.3 Å². The smallest absolute Gasteiger partial charge is 0.309 e. The molecule has 1 rings (SSSR count). The molecule has 3 nitrogen and oxygen atoms in total. The molecule has 0 aliphatic carbocycles. The normalized spacial score (nSPS) is 10.6. The number of benzene rings is 1. The van der Waals surface area contributed by atoms with Gasteiger partial charge in [-0.05, 0) is 31.0 Å². The summed E-state index contributed by atoms with van der Waals surface area (Å²) in [4.78, 5) is 11.1. The van der Waals surface area contributed by atoms with Gasteiger partial charge in [-0.2, -0.15) is 0 Å². The van der Waals surface area contributed by atoms with Crippen molar-refractivity contribution in [2.24, 2.45) is 0 Å². The Kier molecular flexibility index (Phi) is 4.58. The van der Waals surface area contributed by atoms with Crippen molar-refractivity contribution in [1.82, 2.24) is 0 Å². The lowest BCUT2D eigenvalue weighted by Gasteiger charge is -2.01. The summed E-state index contributed by atoms with van der Waals surface area (Å²) in [5.74, 6) is -0.218. The molecule has 86 valence electrons. The fourth-order valence-corrected chi connectivity index (χ4v) is 1.35. The van der Waals surface area contributed by atoms with E-state index in [0.29, 0.717) is 6.61 Å². The van der Waals surface area contributed by atoms with E-state index in [1.54, 1.807) is 13.0 Å². The highest BCUT2D eigenvalue weighted by atomic mass is 16.5. The van der Waals surface area contributed by atoms with Crippen molar-refractivity contribution < 1.29 is 9.53 Å². The van der Waals surface area contributed by atoms with Crippen LogP contribution in [-0.2, 0) is 9.53 Å². The van der Waals surface area contributed by atoms with Gasteiger partial charge in [-0.1, -0.05) is 24.3 Å². The van der Waals surface area contributed by atoms with Crippen molar-refractivity contribution in [3.05, 3.63) is 35.4 Å². The zero-order valence-corrected chi connectivity index (χ0v) is 9.69. The summed E-state index contributed by atoms with van der Waals surface area (Å²) in [5.41, 5.74) is 8.60. The van der Waals surface area contributed by atoms with Crippen molar-refractivity contribution in [1.29, 1.82) is 0 Å². The number of carbonyl (C=O) groups is 1. The molecular formula is C13H17NO2. The topological polar surface area (TPSA) is 52.3 Å². The summed E-state index contributed by atoms with van der Waals surface area (Å²) in [6.07, 6.45) is 3.88. The average Bonchev–Trinajstić information content (AvgIpc) is 2.22. The zero-order valence-electron chi connectivity index (χ0n) is 9.69. The highest BCUT2D eigenvalue weighted by Gasteiger charge is 1.98. The lowest BCUT2D eigenvalue weighted by molar-refractivity contribution is -0.142. The number of nitrogen functional groups attached to an aromatic ring is 1. The average molecular weight is 219 g/mol. The minimum atomic E-state index is -0.218. The van der Waals surface area contributed by atoms with Crippen LogP contribution < -0.4 is 5.73 Å². The second-order valence-corrected chi connectivity index (χ2v) is 3.54. The Hall–Kier alpha value is -1.77. The van der Waals surface area contributed by atoms with Crippen LogP contribution in [0.1, 0.15) is 24.5 Å². The molecule has 0 heterocycles. The molecule has 0 aliphatic heterocycles. The number of carbonyl (C=O) groups excluding carboxylic acids is 1. The quantitative estimate of drug-likeness (QED) is 0.625. The minimum absolute atomic E-state index is 0.218. The van der Waals surface area contributed by atoms with Crippen molar-refractivity contribution in [3.8, 4) is 0 Å². The Balaban J connectivity index is 2.59. The summed E-state index contributed by atoms with van der Waals surface area (Å²) in [7, 11) is 0. The van der Waals surface area contributed by atoms with E-state index in [1.165, 1.54) is 0 Å². The van der Waals surface area contributed by atoms with Crippen molar-refractivity contribution in [2.75, 3.05) is 12.3 Å². The summed E-state index contributed by atoms with van der Waals surface area (Å²) < 4.78 is 4.81. The van der Waals surface area contributed by atoms with Gasteiger partial charge < -0.3 is 10.5 Å². The minimum Gasteiger partial charge on any atom is -0.466 e. The molecule has 0 amide bonds. The van der Waals surface area contributed by atoms with Gasteiger partial charge in [-0.25, -0.2) is 0 Å². The molecule has 3 heteroatoms. The van der Waals surface area contributed by atoms with Crippen LogP contribution in [0, 0.1) is 6.92 Å². The van der Waals surface area contributed by atoms with Crippen LogP contribution in [0.4, 0.5) is 5.69 Å². The number of anilines is 1. The van der Waals surface area contributed by atoms with Crippen LogP contribution in [0.25, 0.3) is 6.08 Å². The van der Waals surface area contributed by atoms with Crippen LogP contribution in [0.3, 0.4) is 0 Å². The number of aryl methyl sites for hydroxylation is 1. The van der Waals surface area contributed by atoms with E-state index in [-0.39, 0.29) is 12.4 Å². The molecule has 2 N–H and O–H groups in total. The number of hydrogen-bond donors (Lipinski definition) is 1. The molecule has 0 bridgehead atoms. The monoisotopic (exact) mass is 219 g/mol. The highest BCUT2D eigenvalue weighted by molar-refractivity contribution is 5.74. The van der Waals surface area contributed by atoms with Crippen LogP contribution in [0.5, 0.6) is 0 Å². The predicted molar refractivity (Wildman–Crippen MR) is 65.9 cm³/mol. The molecule has 0 aliphatic rings. The first-order valence-electron chi connectivity index (χ1n) is 5.31. The standard InChI is InChI=1S/C13H17NO2/c1-3-16-13(15)6-4-5-11-8-7-10(2)9-12(11)14/h4-5,7-9H,3,6,14H2,1-2H3. The van der Waals surface area contributed by atoms with Gasteiger partial charge in [0, 0.05) is 5.69 Å². The molecule has 1 aromatic rings. The van der Waals surface area contributed by atoms with E-state index in [4.69, 9.17) is 10.5 Å². The van der Waals surface area contributed by atoms with Gasteiger partial charge in [0.2, 0.25) is 0 Å². The first-order chi connectivity index (χ1) is 7.63. The summed E-state index contributed by atoms with van der Waals surface area (Å²) in [6.45, 7) is 4.20. The summed E-state index contributed by atoms with van der Waals surface area (Å²) in [5, 5.41) is 0. The highest BCUT2D eigenvalue weighted by Crippen LogP contribution is 2.15. The molecule has 0 radical (unpaired) electrons. The maximum absolute atomic E-state index is 11.1. The second-order valence-electron chi connectivity index (χ2n) is 3.54. The van der Waals surface area contributed by atoms with Crippen LogP contribution in [0.2, 0.25) is 0 Å². The van der Waals surface area contributed by atoms with Gasteiger partial charge >= 0.3 is 5.97 Å². The number of esters is 1. The number of nitrogens with two attached hydrogens (primary N) is 1. The molecular weight excluding hydrogens is 202 g/mol. The largest absolute Gasteiger partial charge is 0.466 e. The maximum atomic E-state index is 11.1. The van der Waals surface area contributed by atoms with Crippen molar-refractivity contribution in [2.45, 2.75) is 20.3 Å². The van der Waals surface area contributed by atoms with E-state index >= 15 is 0 Å². The molecule has 0 fully saturated rings. The predicted octanol–water partition coefficient (Wildman–Crippen LogP) is 2.54. The maximum Gasteiger partial charge on any atom is 0.309 e. The lowest BCUT2D eigenvalue weighted by Crippen LogP contribution is -2.01. The number of rotatable bonds is 4. The van der Waals surface area contributed by atoms with Crippen molar-refractivity contribution >= 4 is 17.7 Å². The third-order valence-electron chi connectivity index (χ3n) is 2.13. The SMILES string of the molecule is CCOC(=O)CC=Cc1ccc(C)cc1N. The second kappa shape index (κ2) is 5.95. The van der Waals surface area contributed by atoms with E-state index in [0.717, 1.165) is 16.8 Å². The van der Waals surface area contributed by atoms with Gasteiger partial charge in [0.15, 0.2) is 0 Å². The summed E-state index contributed by atoms with van der Waals surface area (Å²) in [6, 6.07) is 5.83. The first kappa shape index (κ1) is 12.3. The van der Waals surface area contributed by atoms with Gasteiger partial charge in [-0.3, -0.25) is 4.79 Å². The third kappa shape index (κ3) is 3.77. The van der Waals surface area contributed by atoms with Crippen LogP contribution in [-0.4, -0.2) is 12.6 Å². The van der Waals surface area contributed by atoms with Gasteiger partial charge in [-0.15, -0.1) is 0 Å². The van der Waals surface area contributed by atoms with E-state index in [1.807, 2.05) is 31.2 Å². The van der Waals surface area contributed by atoms with Gasteiger partial charge in [0.1, 0.15) is 0 Å². The van der Waals surface area contributed by atoms with E-state index < -0.39 is 0 Å². The first-order valence-corrected chi connectivity index (χ1v) is 5.31. The molecule has 0 saturated heterocycles. The van der Waals surface area contributed by atoms with Crippen molar-refractivity contribution in [3.63, 3.8) is 0 Å². The van der Waals surface area contributed by atoms with Crippen LogP contribution >= 0.6 is 0 Å². The molecule has 0 unspecified atom stereocenters. The van der Waals surface area contributed by atoms with E-state index in [2.05, 4.69) is 0 Å². The Morgan fingerprint density at radius 2 is 2.25 bits per heavy atom. The Morgan fingerprint density at radius 1 is 1.50 bits per heavy atom.